The van der Waals surface area contributed by atoms with Crippen LogP contribution in [0.4, 0.5) is 0 Å². The first-order valence-corrected chi connectivity index (χ1v) is 7.86. The second kappa shape index (κ2) is 8.99. The van der Waals surface area contributed by atoms with Gasteiger partial charge in [0.25, 0.3) is 0 Å². The second-order valence-electron chi connectivity index (χ2n) is 5.30. The fourth-order valence-electron chi connectivity index (χ4n) is 2.31. The number of benzene rings is 1. The van der Waals surface area contributed by atoms with Gasteiger partial charge in [-0.05, 0) is 37.0 Å². The van der Waals surface area contributed by atoms with Crippen LogP contribution in [0.2, 0.25) is 0 Å². The number of ether oxygens (including phenoxy) is 1. The van der Waals surface area contributed by atoms with E-state index in [-0.39, 0.29) is 5.78 Å². The van der Waals surface area contributed by atoms with Crippen LogP contribution in [0.15, 0.2) is 18.2 Å². The lowest BCUT2D eigenvalue weighted by Gasteiger charge is -2.12. The van der Waals surface area contributed by atoms with Crippen molar-refractivity contribution in [2.24, 2.45) is 0 Å². The lowest BCUT2D eigenvalue weighted by Crippen LogP contribution is -2.09. The smallest absolute Gasteiger partial charge is 0.191 e. The van der Waals surface area contributed by atoms with E-state index in [0.717, 1.165) is 37.7 Å². The molecule has 1 heterocycles. The molecule has 2 N–H and O–H groups in total. The van der Waals surface area contributed by atoms with Crippen molar-refractivity contribution in [2.75, 3.05) is 13.2 Å². The zero-order valence-corrected chi connectivity index (χ0v) is 13.3. The summed E-state index contributed by atoms with van der Waals surface area (Å²) in [5.41, 5.74) is 1.53. The normalized spacial score (nSPS) is 10.7. The molecular formula is C16H22N4O3. The van der Waals surface area contributed by atoms with Crippen molar-refractivity contribution < 1.29 is 14.6 Å². The maximum atomic E-state index is 11.9. The van der Waals surface area contributed by atoms with E-state index in [9.17, 15) is 4.79 Å². The van der Waals surface area contributed by atoms with Gasteiger partial charge in [-0.2, -0.15) is 5.21 Å². The number of aryl methyl sites for hydroxylation is 2. The molecule has 1 aromatic heterocycles. The van der Waals surface area contributed by atoms with Crippen LogP contribution in [0, 0.1) is 0 Å². The molecular weight excluding hydrogens is 296 g/mol. The Balaban J connectivity index is 1.88. The zero-order valence-electron chi connectivity index (χ0n) is 13.3. The van der Waals surface area contributed by atoms with Gasteiger partial charge in [0, 0.05) is 6.42 Å². The third kappa shape index (κ3) is 5.14. The monoisotopic (exact) mass is 318 g/mol. The summed E-state index contributed by atoms with van der Waals surface area (Å²) < 4.78 is 5.72. The van der Waals surface area contributed by atoms with Crippen LogP contribution in [-0.2, 0) is 12.8 Å². The first-order chi connectivity index (χ1) is 11.2. The predicted octanol–water partition coefficient (Wildman–Crippen LogP) is 1.73. The van der Waals surface area contributed by atoms with Crippen LogP contribution >= 0.6 is 0 Å². The minimum Gasteiger partial charge on any atom is -0.493 e. The van der Waals surface area contributed by atoms with Gasteiger partial charge < -0.3 is 9.84 Å². The number of carbonyl (C=O) groups is 1. The number of ketones is 1. The fourth-order valence-corrected chi connectivity index (χ4v) is 2.31. The Labute approximate surface area is 135 Å². The molecule has 0 aliphatic rings. The highest BCUT2D eigenvalue weighted by Crippen LogP contribution is 2.22. The average Bonchev–Trinajstić information content (AvgIpc) is 3.08. The quantitative estimate of drug-likeness (QED) is 0.511. The third-order valence-electron chi connectivity index (χ3n) is 3.47. The molecule has 7 heteroatoms. The number of rotatable bonds is 10. The molecule has 7 nitrogen and oxygen atoms in total. The minimum absolute atomic E-state index is 0.315. The van der Waals surface area contributed by atoms with Crippen molar-refractivity contribution in [3.8, 4) is 5.75 Å². The molecule has 2 rings (SSSR count). The van der Waals surface area contributed by atoms with Crippen LogP contribution < -0.4 is 4.74 Å². The number of unbranched alkanes of at least 4 members (excludes halogenated alkanes) is 1. The number of tetrazole rings is 1. The Kier molecular flexibility index (Phi) is 6.68. The lowest BCUT2D eigenvalue weighted by molar-refractivity contribution is 0.0899. The van der Waals surface area contributed by atoms with E-state index in [4.69, 9.17) is 9.84 Å². The molecule has 23 heavy (non-hydrogen) atoms. The number of hydrogen-bond donors (Lipinski definition) is 2. The number of carbonyl (C=O) groups excluding carboxylic acids is 1. The number of aromatic nitrogens is 4. The van der Waals surface area contributed by atoms with Gasteiger partial charge in [0.15, 0.2) is 11.6 Å². The number of Topliss-reactive ketones (excluding diaryl/α,β-unsaturated/α-hetero) is 1. The van der Waals surface area contributed by atoms with Crippen molar-refractivity contribution >= 4 is 5.78 Å². The van der Waals surface area contributed by atoms with E-state index >= 15 is 0 Å². The minimum atomic E-state index is -0.510. The number of aromatic amines is 1. The summed E-state index contributed by atoms with van der Waals surface area (Å²) in [5, 5.41) is 22.8. The van der Waals surface area contributed by atoms with Gasteiger partial charge in [-0.3, -0.25) is 4.79 Å². The molecule has 0 fully saturated rings. The molecule has 1 aromatic carbocycles. The first kappa shape index (κ1) is 17.1. The molecule has 0 aliphatic heterocycles. The van der Waals surface area contributed by atoms with Crippen molar-refractivity contribution in [2.45, 2.75) is 39.0 Å². The van der Waals surface area contributed by atoms with E-state index in [1.54, 1.807) is 0 Å². The molecule has 0 saturated carbocycles. The standard InChI is InChI=1S/C16H22N4O3/c1-2-5-12-7-8-15(13(10-12)14(22)11-21)23-9-4-3-6-16-17-19-20-18-16/h7-8,10,21H,2-6,9,11H2,1H3,(H,17,18,19,20). The highest BCUT2D eigenvalue weighted by molar-refractivity contribution is 5.99. The zero-order chi connectivity index (χ0) is 16.5. The Morgan fingerprint density at radius 2 is 2.17 bits per heavy atom. The van der Waals surface area contributed by atoms with Crippen LogP contribution in [0.5, 0.6) is 5.75 Å². The molecule has 0 unspecified atom stereocenters. The van der Waals surface area contributed by atoms with Crippen molar-refractivity contribution in [3.63, 3.8) is 0 Å². The highest BCUT2D eigenvalue weighted by atomic mass is 16.5. The summed E-state index contributed by atoms with van der Waals surface area (Å²) >= 11 is 0. The largest absolute Gasteiger partial charge is 0.493 e. The Hall–Kier alpha value is -2.28. The van der Waals surface area contributed by atoms with Gasteiger partial charge >= 0.3 is 0 Å². The van der Waals surface area contributed by atoms with E-state index in [2.05, 4.69) is 27.5 Å². The summed E-state index contributed by atoms with van der Waals surface area (Å²) in [6, 6.07) is 5.59. The molecule has 2 aromatic rings. The second-order valence-corrected chi connectivity index (χ2v) is 5.30. The van der Waals surface area contributed by atoms with Crippen LogP contribution in [0.3, 0.4) is 0 Å². The first-order valence-electron chi connectivity index (χ1n) is 7.86. The number of aliphatic hydroxyl groups is 1. The van der Waals surface area contributed by atoms with Gasteiger partial charge in [-0.25, -0.2) is 0 Å². The van der Waals surface area contributed by atoms with Gasteiger partial charge in [-0.15, -0.1) is 10.2 Å². The Bertz CT molecular complexity index is 614. The Morgan fingerprint density at radius 1 is 1.30 bits per heavy atom. The summed E-state index contributed by atoms with van der Waals surface area (Å²) in [4.78, 5) is 11.9. The van der Waals surface area contributed by atoms with E-state index in [1.165, 1.54) is 0 Å². The van der Waals surface area contributed by atoms with Crippen molar-refractivity contribution in [1.29, 1.82) is 0 Å². The fraction of sp³-hybridized carbons (Fsp3) is 0.500. The number of hydrogen-bond acceptors (Lipinski definition) is 6. The van der Waals surface area contributed by atoms with Gasteiger partial charge in [0.1, 0.15) is 12.4 Å². The van der Waals surface area contributed by atoms with Crippen molar-refractivity contribution in [3.05, 3.63) is 35.2 Å². The maximum Gasteiger partial charge on any atom is 0.191 e. The average molecular weight is 318 g/mol. The number of aliphatic hydroxyl groups excluding tert-OH is 1. The summed E-state index contributed by atoms with van der Waals surface area (Å²) in [6.07, 6.45) is 4.33. The molecule has 0 atom stereocenters. The third-order valence-corrected chi connectivity index (χ3v) is 3.47. The van der Waals surface area contributed by atoms with E-state index in [1.807, 2.05) is 18.2 Å². The highest BCUT2D eigenvalue weighted by Gasteiger charge is 2.12. The molecule has 0 radical (unpaired) electrons. The van der Waals surface area contributed by atoms with Crippen LogP contribution in [-0.4, -0.2) is 44.7 Å². The van der Waals surface area contributed by atoms with Gasteiger partial charge in [0.2, 0.25) is 0 Å². The Morgan fingerprint density at radius 3 is 2.87 bits per heavy atom. The number of H-pyrrole nitrogens is 1. The number of nitrogens with zero attached hydrogens (tertiary/aromatic N) is 3. The van der Waals surface area contributed by atoms with Crippen LogP contribution in [0.1, 0.15) is 47.9 Å². The molecule has 0 amide bonds. The van der Waals surface area contributed by atoms with E-state index < -0.39 is 6.61 Å². The van der Waals surface area contributed by atoms with Gasteiger partial charge in [0.05, 0.1) is 12.2 Å². The van der Waals surface area contributed by atoms with E-state index in [0.29, 0.717) is 23.7 Å². The molecule has 124 valence electrons. The summed E-state index contributed by atoms with van der Waals surface area (Å²) in [7, 11) is 0. The summed E-state index contributed by atoms with van der Waals surface area (Å²) in [5.74, 6) is 0.901. The topological polar surface area (TPSA) is 101 Å². The lowest BCUT2D eigenvalue weighted by atomic mass is 10.0. The summed E-state index contributed by atoms with van der Waals surface area (Å²) in [6.45, 7) is 2.07. The SMILES string of the molecule is CCCc1ccc(OCCCCc2nn[nH]n2)c(C(=O)CO)c1. The predicted molar refractivity (Wildman–Crippen MR) is 84.5 cm³/mol. The molecule has 0 saturated heterocycles. The van der Waals surface area contributed by atoms with Gasteiger partial charge in [-0.1, -0.05) is 24.6 Å². The van der Waals surface area contributed by atoms with Crippen LogP contribution in [0.25, 0.3) is 0 Å². The molecule has 0 aliphatic carbocycles. The maximum absolute atomic E-state index is 11.9. The van der Waals surface area contributed by atoms with Crippen molar-refractivity contribution in [1.82, 2.24) is 20.6 Å². The molecule has 0 spiro atoms. The molecule has 0 bridgehead atoms. The number of nitrogens with one attached hydrogen (secondary N) is 1.